The number of carbonyl (C=O) groups is 3. The fourth-order valence-corrected chi connectivity index (χ4v) is 6.46. The van der Waals surface area contributed by atoms with Gasteiger partial charge in [0.25, 0.3) is 0 Å². The third-order valence-corrected chi connectivity index (χ3v) is 10.4. The van der Waals surface area contributed by atoms with Crippen LogP contribution in [0, 0.1) is 0 Å². The van der Waals surface area contributed by atoms with Crippen LogP contribution in [0.1, 0.15) is 213 Å². The lowest BCUT2D eigenvalue weighted by molar-refractivity contribution is -0.167. The molecule has 0 saturated heterocycles. The molecule has 0 bridgehead atoms. The standard InChI is InChI=1S/C57H92O6/c1-4-7-10-13-16-19-22-25-28-31-34-37-40-43-46-49-55(58)61-52-54(63-57(60)51-48-45-42-39-36-33-30-27-24-21-18-15-12-9-6-3)53-62-56(59)50-47-44-41-38-35-32-29-26-23-20-17-14-11-8-5-2/h13-30,54H,4-12,31-53H2,1-3H3/b16-13-,17-14?,18-15?,22-19+,23-20+,24-21+,28-25?,29-26-,30-27-. The molecule has 0 radical (unpaired) electrons. The van der Waals surface area contributed by atoms with E-state index in [1.54, 1.807) is 0 Å². The molecular weight excluding hydrogens is 781 g/mol. The van der Waals surface area contributed by atoms with Crippen molar-refractivity contribution in [3.63, 3.8) is 0 Å². The van der Waals surface area contributed by atoms with Gasteiger partial charge in [-0.1, -0.05) is 226 Å². The lowest BCUT2D eigenvalue weighted by Gasteiger charge is -2.18. The van der Waals surface area contributed by atoms with Crippen LogP contribution >= 0.6 is 0 Å². The molecule has 0 aliphatic heterocycles. The van der Waals surface area contributed by atoms with Crippen molar-refractivity contribution in [2.75, 3.05) is 13.2 Å². The van der Waals surface area contributed by atoms with Gasteiger partial charge >= 0.3 is 17.9 Å². The molecule has 0 amide bonds. The van der Waals surface area contributed by atoms with Crippen molar-refractivity contribution in [2.45, 2.75) is 219 Å². The number of unbranched alkanes of at least 4 members (excludes halogenated alkanes) is 21. The fraction of sp³-hybridized carbons (Fsp3) is 0.632. The highest BCUT2D eigenvalue weighted by atomic mass is 16.6. The molecular formula is C57H92O6. The van der Waals surface area contributed by atoms with E-state index >= 15 is 0 Å². The van der Waals surface area contributed by atoms with E-state index in [1.807, 2.05) is 0 Å². The Labute approximate surface area is 387 Å². The van der Waals surface area contributed by atoms with Crippen molar-refractivity contribution in [3.05, 3.63) is 109 Å². The minimum atomic E-state index is -0.807. The van der Waals surface area contributed by atoms with Crippen LogP contribution < -0.4 is 0 Å². The Morgan fingerprint density at radius 2 is 0.571 bits per heavy atom. The average Bonchev–Trinajstić information content (AvgIpc) is 3.28. The molecule has 6 nitrogen and oxygen atoms in total. The van der Waals surface area contributed by atoms with Crippen LogP contribution in [-0.2, 0) is 28.6 Å². The van der Waals surface area contributed by atoms with Crippen molar-refractivity contribution >= 4 is 17.9 Å². The third kappa shape index (κ3) is 49.0. The maximum atomic E-state index is 12.8. The first-order valence-electron chi connectivity index (χ1n) is 25.5. The molecule has 0 saturated carbocycles. The Morgan fingerprint density at radius 1 is 0.317 bits per heavy atom. The lowest BCUT2D eigenvalue weighted by atomic mass is 10.1. The normalized spacial score (nSPS) is 13.0. The van der Waals surface area contributed by atoms with Crippen molar-refractivity contribution in [1.82, 2.24) is 0 Å². The van der Waals surface area contributed by atoms with Crippen LogP contribution in [0.2, 0.25) is 0 Å². The average molecular weight is 873 g/mol. The quantitative estimate of drug-likeness (QED) is 0.0263. The second kappa shape index (κ2) is 50.7. The number of rotatable bonds is 44. The van der Waals surface area contributed by atoms with Gasteiger partial charge in [-0.2, -0.15) is 0 Å². The van der Waals surface area contributed by atoms with E-state index in [4.69, 9.17) is 14.2 Å². The van der Waals surface area contributed by atoms with E-state index in [-0.39, 0.29) is 31.1 Å². The maximum absolute atomic E-state index is 12.8. The summed E-state index contributed by atoms with van der Waals surface area (Å²) in [6.07, 6.45) is 67.7. The zero-order chi connectivity index (χ0) is 45.8. The number of allylic oxidation sites excluding steroid dienone is 18. The number of carbonyl (C=O) groups excluding carboxylic acids is 3. The molecule has 0 rings (SSSR count). The molecule has 0 aromatic heterocycles. The third-order valence-electron chi connectivity index (χ3n) is 10.4. The van der Waals surface area contributed by atoms with Crippen LogP contribution in [0.4, 0.5) is 0 Å². The summed E-state index contributed by atoms with van der Waals surface area (Å²) in [6.45, 7) is 6.41. The Hall–Kier alpha value is -3.93. The van der Waals surface area contributed by atoms with Crippen molar-refractivity contribution in [2.24, 2.45) is 0 Å². The van der Waals surface area contributed by atoms with Gasteiger partial charge in [0.05, 0.1) is 0 Å². The molecule has 0 heterocycles. The summed E-state index contributed by atoms with van der Waals surface area (Å²) in [5.41, 5.74) is 0. The molecule has 63 heavy (non-hydrogen) atoms. The van der Waals surface area contributed by atoms with Gasteiger partial charge in [0.1, 0.15) is 13.2 Å². The minimum Gasteiger partial charge on any atom is -0.462 e. The predicted octanol–water partition coefficient (Wildman–Crippen LogP) is 16.8. The van der Waals surface area contributed by atoms with Crippen molar-refractivity contribution in [3.8, 4) is 0 Å². The van der Waals surface area contributed by atoms with Gasteiger partial charge in [0.2, 0.25) is 0 Å². The summed E-state index contributed by atoms with van der Waals surface area (Å²) in [5, 5.41) is 0. The highest BCUT2D eigenvalue weighted by Crippen LogP contribution is 2.13. The highest BCUT2D eigenvalue weighted by Gasteiger charge is 2.19. The topological polar surface area (TPSA) is 78.9 Å². The number of ether oxygens (including phenoxy) is 3. The van der Waals surface area contributed by atoms with Gasteiger partial charge < -0.3 is 14.2 Å². The van der Waals surface area contributed by atoms with Gasteiger partial charge in [-0.25, -0.2) is 0 Å². The Morgan fingerprint density at radius 3 is 0.873 bits per heavy atom. The highest BCUT2D eigenvalue weighted by molar-refractivity contribution is 5.71. The van der Waals surface area contributed by atoms with Gasteiger partial charge in [-0.05, 0) is 77.0 Å². The molecule has 1 atom stereocenters. The summed E-state index contributed by atoms with van der Waals surface area (Å²) >= 11 is 0. The zero-order valence-corrected chi connectivity index (χ0v) is 40.5. The van der Waals surface area contributed by atoms with E-state index in [9.17, 15) is 14.4 Å². The van der Waals surface area contributed by atoms with Crippen LogP contribution in [0.25, 0.3) is 0 Å². The first-order chi connectivity index (χ1) is 31.0. The van der Waals surface area contributed by atoms with E-state index in [1.165, 1.54) is 38.5 Å². The molecule has 1 unspecified atom stereocenters. The smallest absolute Gasteiger partial charge is 0.306 e. The summed E-state index contributed by atoms with van der Waals surface area (Å²) in [7, 11) is 0. The summed E-state index contributed by atoms with van der Waals surface area (Å²) in [4.78, 5) is 38.0. The molecule has 0 aromatic carbocycles. The lowest BCUT2D eigenvalue weighted by Crippen LogP contribution is -2.30. The van der Waals surface area contributed by atoms with E-state index in [0.717, 1.165) is 135 Å². The van der Waals surface area contributed by atoms with Crippen molar-refractivity contribution in [1.29, 1.82) is 0 Å². The minimum absolute atomic E-state index is 0.106. The molecule has 0 spiro atoms. The van der Waals surface area contributed by atoms with Gasteiger partial charge in [-0.3, -0.25) is 14.4 Å². The van der Waals surface area contributed by atoms with Crippen LogP contribution in [-0.4, -0.2) is 37.2 Å². The first-order valence-corrected chi connectivity index (χ1v) is 25.5. The van der Waals surface area contributed by atoms with E-state index < -0.39 is 6.10 Å². The molecule has 0 aliphatic rings. The largest absolute Gasteiger partial charge is 0.462 e. The van der Waals surface area contributed by atoms with Gasteiger partial charge in [0, 0.05) is 19.3 Å². The summed E-state index contributed by atoms with van der Waals surface area (Å²) in [5.74, 6) is -0.971. The molecule has 0 aliphatic carbocycles. The first kappa shape index (κ1) is 59.1. The molecule has 6 heteroatoms. The zero-order valence-electron chi connectivity index (χ0n) is 40.5. The SMILES string of the molecule is CCCCC=C/C=C/C=C\CCCCCCCC(=O)OCC(COC(=O)CCCCCCCC=C/C=C/C=C\CCCC)OC(=O)CCCCCCC/C=C\C=C\C=CCCCC. The number of esters is 3. The monoisotopic (exact) mass is 873 g/mol. The molecule has 0 aromatic rings. The predicted molar refractivity (Wildman–Crippen MR) is 270 cm³/mol. The van der Waals surface area contributed by atoms with E-state index in [2.05, 4.69) is 130 Å². The number of hydrogen-bond acceptors (Lipinski definition) is 6. The van der Waals surface area contributed by atoms with Gasteiger partial charge in [-0.15, -0.1) is 0 Å². The number of hydrogen-bond donors (Lipinski definition) is 0. The Kier molecular flexibility index (Phi) is 47.5. The molecule has 0 N–H and O–H groups in total. The maximum Gasteiger partial charge on any atom is 0.306 e. The van der Waals surface area contributed by atoms with Crippen molar-refractivity contribution < 1.29 is 28.6 Å². The Bertz CT molecular complexity index is 1260. The fourth-order valence-electron chi connectivity index (χ4n) is 6.46. The second-order valence-electron chi connectivity index (χ2n) is 16.5. The summed E-state index contributed by atoms with van der Waals surface area (Å²) < 4.78 is 16.7. The second-order valence-corrected chi connectivity index (χ2v) is 16.5. The van der Waals surface area contributed by atoms with Crippen LogP contribution in [0.15, 0.2) is 109 Å². The van der Waals surface area contributed by atoms with Crippen LogP contribution in [0.3, 0.4) is 0 Å². The molecule has 356 valence electrons. The van der Waals surface area contributed by atoms with Crippen LogP contribution in [0.5, 0.6) is 0 Å². The Balaban J connectivity index is 4.53. The molecule has 0 fully saturated rings. The van der Waals surface area contributed by atoms with E-state index in [0.29, 0.717) is 19.3 Å². The van der Waals surface area contributed by atoms with Gasteiger partial charge in [0.15, 0.2) is 6.10 Å². The summed E-state index contributed by atoms with van der Waals surface area (Å²) in [6, 6.07) is 0.